The van der Waals surface area contributed by atoms with Gasteiger partial charge in [0.25, 0.3) is 0 Å². The van der Waals surface area contributed by atoms with Crippen molar-refractivity contribution in [1.82, 2.24) is 14.3 Å². The normalized spacial score (nSPS) is 24.0. The van der Waals surface area contributed by atoms with Gasteiger partial charge >= 0.3 is 6.01 Å². The molecule has 0 bridgehead atoms. The summed E-state index contributed by atoms with van der Waals surface area (Å²) in [7, 11) is -3.21. The summed E-state index contributed by atoms with van der Waals surface area (Å²) in [6.07, 6.45) is 10.7. The second-order valence-corrected chi connectivity index (χ2v) is 8.99. The summed E-state index contributed by atoms with van der Waals surface area (Å²) in [4.78, 5) is 8.44. The van der Waals surface area contributed by atoms with Crippen molar-refractivity contribution in [3.05, 3.63) is 18.0 Å². The maximum atomic E-state index is 12.9. The van der Waals surface area contributed by atoms with Crippen LogP contribution < -0.4 is 4.74 Å². The van der Waals surface area contributed by atoms with Gasteiger partial charge in [-0.15, -0.1) is 0 Å². The molecule has 1 aliphatic carbocycles. The largest absolute Gasteiger partial charge is 0.459 e. The minimum Gasteiger partial charge on any atom is -0.459 e. The fraction of sp³-hybridized carbons (Fsp3) is 0.765. The summed E-state index contributed by atoms with van der Waals surface area (Å²) in [6, 6.07) is 0.342. The first-order valence-electron chi connectivity index (χ1n) is 9.06. The van der Waals surface area contributed by atoms with Crippen molar-refractivity contribution in [2.75, 3.05) is 13.1 Å². The van der Waals surface area contributed by atoms with E-state index in [1.807, 2.05) is 6.92 Å². The van der Waals surface area contributed by atoms with E-state index in [9.17, 15) is 8.42 Å². The van der Waals surface area contributed by atoms with Crippen molar-refractivity contribution in [3.8, 4) is 6.01 Å². The Balaban J connectivity index is 1.62. The zero-order valence-electron chi connectivity index (χ0n) is 14.4. The van der Waals surface area contributed by atoms with Crippen molar-refractivity contribution < 1.29 is 13.2 Å². The van der Waals surface area contributed by atoms with E-state index in [4.69, 9.17) is 4.74 Å². The van der Waals surface area contributed by atoms with Crippen LogP contribution in [-0.4, -0.2) is 47.1 Å². The zero-order chi connectivity index (χ0) is 17.0. The minimum absolute atomic E-state index is 0.162. The van der Waals surface area contributed by atoms with Crippen LogP contribution in [0, 0.1) is 0 Å². The molecule has 1 aromatic rings. The van der Waals surface area contributed by atoms with E-state index in [1.54, 1.807) is 16.7 Å². The number of sulfonamides is 1. The van der Waals surface area contributed by atoms with E-state index < -0.39 is 10.0 Å². The Morgan fingerprint density at radius 3 is 2.50 bits per heavy atom. The van der Waals surface area contributed by atoms with Gasteiger partial charge in [0.05, 0.1) is 11.8 Å². The van der Waals surface area contributed by atoms with Crippen LogP contribution in [0.3, 0.4) is 0 Å². The van der Waals surface area contributed by atoms with E-state index in [2.05, 4.69) is 9.97 Å². The molecule has 24 heavy (non-hydrogen) atoms. The van der Waals surface area contributed by atoms with Gasteiger partial charge in [-0.25, -0.2) is 18.4 Å². The number of rotatable bonds is 5. The molecule has 0 radical (unpaired) electrons. The standard InChI is InChI=1S/C17H27N3O3S/c1-2-14-11-18-17(19-12-14)23-15-7-6-10-20(13-15)24(21,22)16-8-4-3-5-9-16/h11-12,15-16H,2-10,13H2,1H3. The number of nitrogens with zero attached hydrogens (tertiary/aromatic N) is 3. The van der Waals surface area contributed by atoms with Gasteiger partial charge in [-0.2, -0.15) is 4.31 Å². The van der Waals surface area contributed by atoms with Gasteiger partial charge < -0.3 is 4.74 Å². The maximum absolute atomic E-state index is 12.9. The van der Waals surface area contributed by atoms with Gasteiger partial charge in [0, 0.05) is 18.9 Å². The molecular formula is C17H27N3O3S. The number of aryl methyl sites for hydroxylation is 1. The lowest BCUT2D eigenvalue weighted by Gasteiger charge is -2.35. The third-order valence-corrected chi connectivity index (χ3v) is 7.40. The minimum atomic E-state index is -3.21. The first-order chi connectivity index (χ1) is 11.6. The molecule has 0 spiro atoms. The molecule has 2 heterocycles. The molecule has 0 N–H and O–H groups in total. The first-order valence-corrected chi connectivity index (χ1v) is 10.6. The van der Waals surface area contributed by atoms with Crippen LogP contribution in [0.4, 0.5) is 0 Å². The predicted molar refractivity (Wildman–Crippen MR) is 92.4 cm³/mol. The lowest BCUT2D eigenvalue weighted by atomic mass is 10.0. The quantitative estimate of drug-likeness (QED) is 0.813. The second kappa shape index (κ2) is 7.78. The summed E-state index contributed by atoms with van der Waals surface area (Å²) in [5.74, 6) is 0. The van der Waals surface area contributed by atoms with Gasteiger partial charge in [0.2, 0.25) is 10.0 Å². The van der Waals surface area contributed by atoms with Crippen molar-refractivity contribution >= 4 is 10.0 Å². The number of hydrogen-bond donors (Lipinski definition) is 0. The fourth-order valence-corrected chi connectivity index (χ4v) is 5.65. The molecule has 1 atom stereocenters. The second-order valence-electron chi connectivity index (χ2n) is 6.77. The van der Waals surface area contributed by atoms with Crippen LogP contribution in [-0.2, 0) is 16.4 Å². The highest BCUT2D eigenvalue weighted by Gasteiger charge is 2.36. The fourth-order valence-electron chi connectivity index (χ4n) is 3.54. The van der Waals surface area contributed by atoms with Gasteiger partial charge in [-0.3, -0.25) is 0 Å². The third kappa shape index (κ3) is 4.06. The highest BCUT2D eigenvalue weighted by atomic mass is 32.2. The smallest absolute Gasteiger partial charge is 0.316 e. The first kappa shape index (κ1) is 17.6. The lowest BCUT2D eigenvalue weighted by Crippen LogP contribution is -2.48. The number of ether oxygens (including phenoxy) is 1. The molecule has 7 heteroatoms. The van der Waals surface area contributed by atoms with Crippen LogP contribution >= 0.6 is 0 Å². The number of aromatic nitrogens is 2. The summed E-state index contributed by atoms with van der Waals surface area (Å²) < 4.78 is 33.2. The highest BCUT2D eigenvalue weighted by Crippen LogP contribution is 2.28. The van der Waals surface area contributed by atoms with Gasteiger partial charge in [-0.05, 0) is 37.7 Å². The van der Waals surface area contributed by atoms with Crippen LogP contribution in [0.1, 0.15) is 57.4 Å². The molecule has 134 valence electrons. The van der Waals surface area contributed by atoms with Gasteiger partial charge in [-0.1, -0.05) is 26.2 Å². The molecule has 3 rings (SSSR count). The average Bonchev–Trinajstić information content (AvgIpc) is 2.63. The Morgan fingerprint density at radius 1 is 1.12 bits per heavy atom. The van der Waals surface area contributed by atoms with E-state index >= 15 is 0 Å². The Bertz CT molecular complexity index is 627. The van der Waals surface area contributed by atoms with Crippen LogP contribution in [0.2, 0.25) is 0 Å². The van der Waals surface area contributed by atoms with E-state index in [1.165, 1.54) is 0 Å². The Kier molecular flexibility index (Phi) is 5.71. The Hall–Kier alpha value is -1.21. The van der Waals surface area contributed by atoms with Gasteiger partial charge in [0.15, 0.2) is 0 Å². The summed E-state index contributed by atoms with van der Waals surface area (Å²) in [5, 5.41) is -0.204. The predicted octanol–water partition coefficient (Wildman–Crippen LogP) is 2.54. The maximum Gasteiger partial charge on any atom is 0.316 e. The van der Waals surface area contributed by atoms with Crippen LogP contribution in [0.5, 0.6) is 6.01 Å². The molecule has 0 amide bonds. The molecule has 1 aliphatic heterocycles. The number of hydrogen-bond acceptors (Lipinski definition) is 5. The van der Waals surface area contributed by atoms with Crippen molar-refractivity contribution in [3.63, 3.8) is 0 Å². The van der Waals surface area contributed by atoms with E-state index in [-0.39, 0.29) is 11.4 Å². The molecule has 2 aliphatic rings. The third-order valence-electron chi connectivity index (χ3n) is 5.04. The SMILES string of the molecule is CCc1cnc(OC2CCCN(S(=O)(=O)C3CCCCC3)C2)nc1. The van der Waals surface area contributed by atoms with E-state index in [0.29, 0.717) is 19.1 Å². The summed E-state index contributed by atoms with van der Waals surface area (Å²) in [5.41, 5.74) is 1.06. The zero-order valence-corrected chi connectivity index (χ0v) is 15.2. The molecular weight excluding hydrogens is 326 g/mol. The lowest BCUT2D eigenvalue weighted by molar-refractivity contribution is 0.118. The van der Waals surface area contributed by atoms with Crippen molar-refractivity contribution in [2.45, 2.75) is 69.6 Å². The molecule has 2 fully saturated rings. The van der Waals surface area contributed by atoms with Crippen LogP contribution in [0.25, 0.3) is 0 Å². The monoisotopic (exact) mass is 353 g/mol. The average molecular weight is 353 g/mol. The van der Waals surface area contributed by atoms with Crippen LogP contribution in [0.15, 0.2) is 12.4 Å². The molecule has 0 aromatic carbocycles. The molecule has 1 saturated carbocycles. The topological polar surface area (TPSA) is 72.4 Å². The number of piperidine rings is 1. The summed E-state index contributed by atoms with van der Waals surface area (Å²) >= 11 is 0. The highest BCUT2D eigenvalue weighted by molar-refractivity contribution is 7.89. The van der Waals surface area contributed by atoms with Crippen molar-refractivity contribution in [2.24, 2.45) is 0 Å². The molecule has 1 aromatic heterocycles. The Morgan fingerprint density at radius 2 is 1.83 bits per heavy atom. The van der Waals surface area contributed by atoms with E-state index in [0.717, 1.165) is 56.9 Å². The van der Waals surface area contributed by atoms with Gasteiger partial charge in [0.1, 0.15) is 6.10 Å². The summed E-state index contributed by atoms with van der Waals surface area (Å²) in [6.45, 7) is 3.07. The molecule has 6 nitrogen and oxygen atoms in total. The Labute approximate surface area is 144 Å². The molecule has 1 saturated heterocycles. The molecule has 1 unspecified atom stereocenters. The van der Waals surface area contributed by atoms with Crippen molar-refractivity contribution in [1.29, 1.82) is 0 Å².